The number of anilines is 1. The van der Waals surface area contributed by atoms with Crippen LogP contribution in [0.25, 0.3) is 16.0 Å². The molecule has 1 unspecified atom stereocenters. The minimum atomic E-state index is -0.521. The Kier molecular flexibility index (Phi) is 5.05. The Morgan fingerprint density at radius 3 is 2.75 bits per heavy atom. The van der Waals surface area contributed by atoms with Crippen molar-refractivity contribution in [2.45, 2.75) is 39.7 Å². The Labute approximate surface area is 188 Å². The van der Waals surface area contributed by atoms with E-state index in [4.69, 9.17) is 4.52 Å². The lowest BCUT2D eigenvalue weighted by molar-refractivity contribution is -0.119. The molecule has 1 aliphatic rings. The molecular weight excluding hydrogens is 426 g/mol. The second-order valence-corrected chi connectivity index (χ2v) is 9.08. The summed E-state index contributed by atoms with van der Waals surface area (Å²) in [6.45, 7) is 6.19. The zero-order valence-electron chi connectivity index (χ0n) is 18.1. The van der Waals surface area contributed by atoms with Crippen LogP contribution in [0, 0.1) is 20.8 Å². The third kappa shape index (κ3) is 3.48. The Balaban J connectivity index is 1.38. The number of para-hydroxylation sites is 1. The van der Waals surface area contributed by atoms with Crippen LogP contribution in [0.5, 0.6) is 0 Å². The van der Waals surface area contributed by atoms with Crippen molar-refractivity contribution in [2.24, 2.45) is 0 Å². The molecule has 0 saturated carbocycles. The predicted molar refractivity (Wildman–Crippen MR) is 122 cm³/mol. The van der Waals surface area contributed by atoms with Crippen molar-refractivity contribution in [1.82, 2.24) is 19.6 Å². The summed E-state index contributed by atoms with van der Waals surface area (Å²) in [4.78, 5) is 32.7. The summed E-state index contributed by atoms with van der Waals surface area (Å²) in [6, 6.07) is 10.9. The molecule has 0 spiro atoms. The Hall–Kier alpha value is -3.46. The molecule has 164 valence electrons. The highest BCUT2D eigenvalue weighted by atomic mass is 32.1. The minimum Gasteiger partial charge on any atom is -0.360 e. The van der Waals surface area contributed by atoms with Gasteiger partial charge in [0.25, 0.3) is 5.91 Å². The van der Waals surface area contributed by atoms with Crippen LogP contribution in [0.4, 0.5) is 5.13 Å². The number of aryl methyl sites for hydroxylation is 2. The number of thiazole rings is 1. The number of amides is 2. The minimum absolute atomic E-state index is 0.147. The van der Waals surface area contributed by atoms with Crippen molar-refractivity contribution in [3.8, 4) is 5.82 Å². The Bertz CT molecular complexity index is 1300. The summed E-state index contributed by atoms with van der Waals surface area (Å²) < 4.78 is 8.11. The SMILES string of the molecule is Cc1cc(-n2c(C)cc(C(=O)N3CCCC3C(=O)Nc3nc4ccccc4s3)c2C)no1. The standard InChI is InChI=1S/C23H23N5O3S/c1-13-11-16(15(3)28(13)20-12-14(2)31-26-20)22(30)27-10-6-8-18(27)21(29)25-23-24-17-7-4-5-9-19(17)32-23/h4-5,7,9,11-12,18H,6,8,10H2,1-3H3,(H,24,25,29). The molecule has 5 rings (SSSR count). The van der Waals surface area contributed by atoms with Gasteiger partial charge in [-0.1, -0.05) is 28.6 Å². The fraction of sp³-hybridized carbons (Fsp3) is 0.304. The number of hydrogen-bond acceptors (Lipinski definition) is 6. The average Bonchev–Trinajstić information content (AvgIpc) is 3.53. The molecule has 8 nitrogen and oxygen atoms in total. The van der Waals surface area contributed by atoms with Gasteiger partial charge in [-0.25, -0.2) is 4.98 Å². The first-order valence-electron chi connectivity index (χ1n) is 10.5. The zero-order chi connectivity index (χ0) is 22.4. The van der Waals surface area contributed by atoms with Gasteiger partial charge in [0.15, 0.2) is 10.9 Å². The van der Waals surface area contributed by atoms with E-state index in [9.17, 15) is 9.59 Å². The molecule has 1 aromatic carbocycles. The highest BCUT2D eigenvalue weighted by molar-refractivity contribution is 7.22. The van der Waals surface area contributed by atoms with E-state index in [1.807, 2.05) is 61.7 Å². The third-order valence-corrected chi connectivity index (χ3v) is 6.80. The molecule has 9 heteroatoms. The molecule has 1 fully saturated rings. The van der Waals surface area contributed by atoms with Crippen molar-refractivity contribution >= 4 is 38.5 Å². The van der Waals surface area contributed by atoms with Gasteiger partial charge < -0.3 is 14.7 Å². The van der Waals surface area contributed by atoms with E-state index >= 15 is 0 Å². The lowest BCUT2D eigenvalue weighted by Gasteiger charge is -2.23. The molecule has 1 aliphatic heterocycles. The van der Waals surface area contributed by atoms with E-state index in [1.165, 1.54) is 11.3 Å². The van der Waals surface area contributed by atoms with Crippen LogP contribution >= 0.6 is 11.3 Å². The first-order chi connectivity index (χ1) is 15.4. The van der Waals surface area contributed by atoms with Gasteiger partial charge >= 0.3 is 0 Å². The fourth-order valence-electron chi connectivity index (χ4n) is 4.34. The predicted octanol–water partition coefficient (Wildman–Crippen LogP) is 4.24. The van der Waals surface area contributed by atoms with E-state index in [2.05, 4.69) is 15.5 Å². The van der Waals surface area contributed by atoms with E-state index in [1.54, 1.807) is 4.90 Å². The van der Waals surface area contributed by atoms with Crippen LogP contribution in [0.15, 0.2) is 40.9 Å². The molecule has 1 saturated heterocycles. The fourth-order valence-corrected chi connectivity index (χ4v) is 5.21. The summed E-state index contributed by atoms with van der Waals surface area (Å²) in [6.07, 6.45) is 1.41. The van der Waals surface area contributed by atoms with Crippen molar-refractivity contribution in [1.29, 1.82) is 0 Å². The maximum Gasteiger partial charge on any atom is 0.256 e. The van der Waals surface area contributed by atoms with E-state index in [0.717, 1.165) is 28.0 Å². The van der Waals surface area contributed by atoms with Gasteiger partial charge in [-0.05, 0) is 51.8 Å². The topological polar surface area (TPSA) is 93.3 Å². The summed E-state index contributed by atoms with van der Waals surface area (Å²) in [5.41, 5.74) is 3.08. The molecule has 0 bridgehead atoms. The Morgan fingerprint density at radius 2 is 2.00 bits per heavy atom. The van der Waals surface area contributed by atoms with Gasteiger partial charge in [0.1, 0.15) is 11.8 Å². The van der Waals surface area contributed by atoms with E-state index in [-0.39, 0.29) is 11.8 Å². The smallest absolute Gasteiger partial charge is 0.256 e. The van der Waals surface area contributed by atoms with Crippen LogP contribution in [0.1, 0.15) is 40.3 Å². The van der Waals surface area contributed by atoms with Gasteiger partial charge in [-0.3, -0.25) is 14.2 Å². The summed E-state index contributed by atoms with van der Waals surface area (Å²) in [5, 5.41) is 7.55. The maximum atomic E-state index is 13.5. The zero-order valence-corrected chi connectivity index (χ0v) is 18.9. The van der Waals surface area contributed by atoms with E-state index in [0.29, 0.717) is 35.2 Å². The molecule has 0 aliphatic carbocycles. The number of carbonyl (C=O) groups is 2. The van der Waals surface area contributed by atoms with Crippen LogP contribution in [-0.2, 0) is 4.79 Å². The highest BCUT2D eigenvalue weighted by Crippen LogP contribution is 2.29. The summed E-state index contributed by atoms with van der Waals surface area (Å²) >= 11 is 1.43. The highest BCUT2D eigenvalue weighted by Gasteiger charge is 2.36. The lowest BCUT2D eigenvalue weighted by atomic mass is 10.1. The maximum absolute atomic E-state index is 13.5. The first kappa shape index (κ1) is 20.4. The second-order valence-electron chi connectivity index (χ2n) is 8.05. The number of carbonyl (C=O) groups excluding carboxylic acids is 2. The van der Waals surface area contributed by atoms with Gasteiger partial charge in [-0.15, -0.1) is 0 Å². The van der Waals surface area contributed by atoms with Gasteiger partial charge in [-0.2, -0.15) is 0 Å². The molecule has 4 heterocycles. The van der Waals surface area contributed by atoms with Crippen LogP contribution in [0.2, 0.25) is 0 Å². The lowest BCUT2D eigenvalue weighted by Crippen LogP contribution is -2.43. The number of rotatable bonds is 4. The van der Waals surface area contributed by atoms with Crippen molar-refractivity contribution in [3.63, 3.8) is 0 Å². The molecule has 2 amide bonds. The van der Waals surface area contributed by atoms with E-state index < -0.39 is 6.04 Å². The number of likely N-dealkylation sites (tertiary alicyclic amines) is 1. The van der Waals surface area contributed by atoms with Gasteiger partial charge in [0.2, 0.25) is 5.91 Å². The normalized spacial score (nSPS) is 16.1. The van der Waals surface area contributed by atoms with Crippen LogP contribution in [0.3, 0.4) is 0 Å². The van der Waals surface area contributed by atoms with Gasteiger partial charge in [0.05, 0.1) is 15.8 Å². The quantitative estimate of drug-likeness (QED) is 0.503. The van der Waals surface area contributed by atoms with Gasteiger partial charge in [0, 0.05) is 24.0 Å². The van der Waals surface area contributed by atoms with Crippen molar-refractivity contribution in [2.75, 3.05) is 11.9 Å². The third-order valence-electron chi connectivity index (χ3n) is 5.85. The number of nitrogens with zero attached hydrogens (tertiary/aromatic N) is 4. The molecule has 1 N–H and O–H groups in total. The monoisotopic (exact) mass is 449 g/mol. The van der Waals surface area contributed by atoms with Crippen LogP contribution in [-0.4, -0.2) is 44.0 Å². The molecule has 0 radical (unpaired) electrons. The average molecular weight is 450 g/mol. The number of hydrogen-bond donors (Lipinski definition) is 1. The van der Waals surface area contributed by atoms with Crippen molar-refractivity contribution < 1.29 is 14.1 Å². The second kappa shape index (κ2) is 7.90. The summed E-state index contributed by atoms with van der Waals surface area (Å²) in [7, 11) is 0. The Morgan fingerprint density at radius 1 is 1.19 bits per heavy atom. The molecule has 3 aromatic heterocycles. The number of fused-ring (bicyclic) bond motifs is 1. The first-order valence-corrected chi connectivity index (χ1v) is 11.3. The molecular formula is C23H23N5O3S. The molecule has 32 heavy (non-hydrogen) atoms. The summed E-state index contributed by atoms with van der Waals surface area (Å²) in [5.74, 6) is 0.997. The number of nitrogens with one attached hydrogen (secondary N) is 1. The number of aromatic nitrogens is 3. The molecule has 1 atom stereocenters. The van der Waals surface area contributed by atoms with Crippen molar-refractivity contribution in [3.05, 3.63) is 59.1 Å². The largest absolute Gasteiger partial charge is 0.360 e. The molecule has 4 aromatic rings. The number of benzene rings is 1. The van der Waals surface area contributed by atoms with Crippen LogP contribution < -0.4 is 5.32 Å².